The number of hydrogen-bond donors (Lipinski definition) is 3. The summed E-state index contributed by atoms with van der Waals surface area (Å²) in [5.41, 5.74) is 5.56. The van der Waals surface area contributed by atoms with Crippen molar-refractivity contribution in [3.8, 4) is 5.75 Å². The summed E-state index contributed by atoms with van der Waals surface area (Å²) >= 11 is 0. The predicted octanol–water partition coefficient (Wildman–Crippen LogP) is 2.40. The number of benzene rings is 2. The maximum Gasteiger partial charge on any atom is 0.255 e. The summed E-state index contributed by atoms with van der Waals surface area (Å²) in [4.78, 5) is 12.3. The van der Waals surface area contributed by atoms with E-state index in [-0.39, 0.29) is 23.3 Å². The molecule has 1 unspecified atom stereocenters. The van der Waals surface area contributed by atoms with Gasteiger partial charge >= 0.3 is 0 Å². The molecule has 4 heteroatoms. The standard InChI is InChI=1S/C16H20N2O2/c1-10(17)16(2,3)18-15(20)13-9-8-11-6-4-5-7-12(11)14(13)19/h4-10,19H,17H2,1-3H3,(H,18,20). The van der Waals surface area contributed by atoms with Crippen LogP contribution < -0.4 is 11.1 Å². The van der Waals surface area contributed by atoms with Crippen LogP contribution in [-0.4, -0.2) is 22.6 Å². The van der Waals surface area contributed by atoms with Gasteiger partial charge in [-0.15, -0.1) is 0 Å². The number of hydrogen-bond acceptors (Lipinski definition) is 3. The molecule has 0 saturated heterocycles. The number of fused-ring (bicyclic) bond motifs is 1. The molecule has 1 atom stereocenters. The molecule has 1 amide bonds. The normalized spacial score (nSPS) is 13.2. The Labute approximate surface area is 118 Å². The minimum Gasteiger partial charge on any atom is -0.506 e. The van der Waals surface area contributed by atoms with Crippen LogP contribution in [0.15, 0.2) is 36.4 Å². The van der Waals surface area contributed by atoms with Crippen molar-refractivity contribution in [2.75, 3.05) is 0 Å². The van der Waals surface area contributed by atoms with Gasteiger partial charge in [0, 0.05) is 17.0 Å². The second kappa shape index (κ2) is 5.13. The van der Waals surface area contributed by atoms with Crippen molar-refractivity contribution < 1.29 is 9.90 Å². The van der Waals surface area contributed by atoms with Crippen molar-refractivity contribution in [1.82, 2.24) is 5.32 Å². The van der Waals surface area contributed by atoms with Crippen molar-refractivity contribution in [3.05, 3.63) is 42.0 Å². The highest BCUT2D eigenvalue weighted by Gasteiger charge is 2.26. The molecule has 4 N–H and O–H groups in total. The molecule has 0 fully saturated rings. The first-order chi connectivity index (χ1) is 9.33. The number of rotatable bonds is 3. The third-order valence-electron chi connectivity index (χ3n) is 3.72. The maximum atomic E-state index is 12.3. The fourth-order valence-corrected chi connectivity index (χ4v) is 1.91. The lowest BCUT2D eigenvalue weighted by molar-refractivity contribution is 0.0901. The topological polar surface area (TPSA) is 75.3 Å². The average Bonchev–Trinajstić information content (AvgIpc) is 2.38. The van der Waals surface area contributed by atoms with Gasteiger partial charge in [-0.2, -0.15) is 0 Å². The summed E-state index contributed by atoms with van der Waals surface area (Å²) in [6, 6.07) is 10.7. The lowest BCUT2D eigenvalue weighted by atomic mass is 9.96. The number of carbonyl (C=O) groups is 1. The Hall–Kier alpha value is -2.07. The van der Waals surface area contributed by atoms with E-state index in [0.29, 0.717) is 5.39 Å². The summed E-state index contributed by atoms with van der Waals surface area (Å²) in [6.07, 6.45) is 0. The van der Waals surface area contributed by atoms with Crippen LogP contribution in [-0.2, 0) is 0 Å². The predicted molar refractivity (Wildman–Crippen MR) is 80.8 cm³/mol. The second-order valence-corrected chi connectivity index (χ2v) is 5.65. The van der Waals surface area contributed by atoms with E-state index in [4.69, 9.17) is 5.73 Å². The Kier molecular flexibility index (Phi) is 3.68. The van der Waals surface area contributed by atoms with E-state index < -0.39 is 5.54 Å². The Morgan fingerprint density at radius 1 is 1.25 bits per heavy atom. The molecule has 20 heavy (non-hydrogen) atoms. The molecule has 0 aliphatic carbocycles. The Morgan fingerprint density at radius 2 is 1.90 bits per heavy atom. The fraction of sp³-hybridized carbons (Fsp3) is 0.312. The molecule has 2 rings (SSSR count). The summed E-state index contributed by atoms with van der Waals surface area (Å²) in [7, 11) is 0. The number of carbonyl (C=O) groups excluding carboxylic acids is 1. The number of nitrogens with one attached hydrogen (secondary N) is 1. The van der Waals surface area contributed by atoms with Crippen LogP contribution in [0, 0.1) is 0 Å². The monoisotopic (exact) mass is 272 g/mol. The third kappa shape index (κ3) is 2.60. The molecule has 0 aliphatic heterocycles. The van der Waals surface area contributed by atoms with Crippen LogP contribution in [0.1, 0.15) is 31.1 Å². The first kappa shape index (κ1) is 14.3. The van der Waals surface area contributed by atoms with Gasteiger partial charge in [0.05, 0.1) is 5.56 Å². The van der Waals surface area contributed by atoms with Crippen molar-refractivity contribution >= 4 is 16.7 Å². The first-order valence-corrected chi connectivity index (χ1v) is 6.62. The van der Waals surface area contributed by atoms with Crippen LogP contribution in [0.5, 0.6) is 5.75 Å². The fourth-order valence-electron chi connectivity index (χ4n) is 1.91. The van der Waals surface area contributed by atoms with Gasteiger partial charge in [0.1, 0.15) is 5.75 Å². The van der Waals surface area contributed by atoms with Gasteiger partial charge in [-0.05, 0) is 32.2 Å². The van der Waals surface area contributed by atoms with E-state index in [1.807, 2.05) is 45.0 Å². The summed E-state index contributed by atoms with van der Waals surface area (Å²) in [6.45, 7) is 5.54. The minimum absolute atomic E-state index is 0.000995. The zero-order valence-corrected chi connectivity index (χ0v) is 12.0. The van der Waals surface area contributed by atoms with Crippen LogP contribution >= 0.6 is 0 Å². The quantitative estimate of drug-likeness (QED) is 0.803. The van der Waals surface area contributed by atoms with Crippen molar-refractivity contribution in [2.24, 2.45) is 5.73 Å². The van der Waals surface area contributed by atoms with Gasteiger partial charge in [0.2, 0.25) is 0 Å². The molecule has 4 nitrogen and oxygen atoms in total. The first-order valence-electron chi connectivity index (χ1n) is 6.62. The van der Waals surface area contributed by atoms with Crippen LogP contribution in [0.3, 0.4) is 0 Å². The lowest BCUT2D eigenvalue weighted by Gasteiger charge is -2.30. The second-order valence-electron chi connectivity index (χ2n) is 5.65. The van der Waals surface area contributed by atoms with Crippen LogP contribution in [0.2, 0.25) is 0 Å². The van der Waals surface area contributed by atoms with E-state index in [0.717, 1.165) is 5.39 Å². The summed E-state index contributed by atoms with van der Waals surface area (Å²) in [5.74, 6) is -0.323. The maximum absolute atomic E-state index is 12.3. The number of amides is 1. The molecule has 0 heterocycles. The number of phenols is 1. The summed E-state index contributed by atoms with van der Waals surface area (Å²) < 4.78 is 0. The smallest absolute Gasteiger partial charge is 0.255 e. The Bertz CT molecular complexity index is 648. The van der Waals surface area contributed by atoms with Gasteiger partial charge in [-0.25, -0.2) is 0 Å². The molecule has 106 valence electrons. The SMILES string of the molecule is CC(N)C(C)(C)NC(=O)c1ccc2ccccc2c1O. The average molecular weight is 272 g/mol. The molecule has 0 bridgehead atoms. The highest BCUT2D eigenvalue weighted by Crippen LogP contribution is 2.28. The molecule has 0 spiro atoms. The van der Waals surface area contributed by atoms with Crippen LogP contribution in [0.4, 0.5) is 0 Å². The van der Waals surface area contributed by atoms with Gasteiger partial charge < -0.3 is 16.2 Å². The molecule has 0 saturated carbocycles. The van der Waals surface area contributed by atoms with Crippen LogP contribution in [0.25, 0.3) is 10.8 Å². The van der Waals surface area contributed by atoms with Gasteiger partial charge in [0.25, 0.3) is 5.91 Å². The van der Waals surface area contributed by atoms with Gasteiger partial charge in [0.15, 0.2) is 0 Å². The lowest BCUT2D eigenvalue weighted by Crippen LogP contribution is -2.54. The highest BCUT2D eigenvalue weighted by atomic mass is 16.3. The molecule has 2 aromatic rings. The van der Waals surface area contributed by atoms with E-state index in [2.05, 4.69) is 5.32 Å². The molecule has 0 aromatic heterocycles. The largest absolute Gasteiger partial charge is 0.506 e. The number of nitrogens with two attached hydrogens (primary N) is 1. The number of aromatic hydroxyl groups is 1. The Balaban J connectivity index is 2.38. The third-order valence-corrected chi connectivity index (χ3v) is 3.72. The van der Waals surface area contributed by atoms with E-state index in [1.165, 1.54) is 0 Å². The van der Waals surface area contributed by atoms with E-state index in [1.54, 1.807) is 12.1 Å². The van der Waals surface area contributed by atoms with E-state index >= 15 is 0 Å². The van der Waals surface area contributed by atoms with Crippen molar-refractivity contribution in [2.45, 2.75) is 32.4 Å². The molecule has 0 radical (unpaired) electrons. The zero-order valence-electron chi connectivity index (χ0n) is 12.0. The number of phenolic OH excluding ortho intramolecular Hbond substituents is 1. The van der Waals surface area contributed by atoms with E-state index in [9.17, 15) is 9.90 Å². The van der Waals surface area contributed by atoms with Crippen molar-refractivity contribution in [3.63, 3.8) is 0 Å². The summed E-state index contributed by atoms with van der Waals surface area (Å²) in [5, 5.41) is 14.7. The molecule has 0 aliphatic rings. The Morgan fingerprint density at radius 3 is 2.55 bits per heavy atom. The molecule has 2 aromatic carbocycles. The van der Waals surface area contributed by atoms with Gasteiger partial charge in [-0.3, -0.25) is 4.79 Å². The van der Waals surface area contributed by atoms with Crippen molar-refractivity contribution in [1.29, 1.82) is 0 Å². The molecular weight excluding hydrogens is 252 g/mol. The zero-order chi connectivity index (χ0) is 14.9. The molecular formula is C16H20N2O2. The minimum atomic E-state index is -0.546. The highest BCUT2D eigenvalue weighted by molar-refractivity contribution is 6.03. The van der Waals surface area contributed by atoms with Gasteiger partial charge in [-0.1, -0.05) is 30.3 Å².